The molecule has 3 aromatic heterocycles. The Morgan fingerprint density at radius 1 is 1.21 bits per heavy atom. The van der Waals surface area contributed by atoms with Crippen LogP contribution in [0.4, 0.5) is 4.79 Å². The van der Waals surface area contributed by atoms with Crippen LogP contribution < -0.4 is 5.32 Å². The minimum Gasteiger partial charge on any atom is -0.332 e. The standard InChI is InChI=1S/C21H26N6O/c1-25-12-7-18(8-13-25)27(16-17-5-9-22-10-6-17)21(28)24-15-19-14-23-20-4-2-3-11-26(19)20/h2-6,9-11,14,18H,7-8,12-13,15-16H2,1H3,(H,24,28). The highest BCUT2D eigenvalue weighted by Gasteiger charge is 2.27. The van der Waals surface area contributed by atoms with Crippen LogP contribution in [0.2, 0.25) is 0 Å². The summed E-state index contributed by atoms with van der Waals surface area (Å²) in [5.41, 5.74) is 2.95. The fourth-order valence-corrected chi connectivity index (χ4v) is 3.74. The van der Waals surface area contributed by atoms with Crippen LogP contribution in [0, 0.1) is 0 Å². The molecule has 3 aromatic rings. The van der Waals surface area contributed by atoms with Crippen LogP contribution in [0.5, 0.6) is 0 Å². The van der Waals surface area contributed by atoms with Gasteiger partial charge in [-0.15, -0.1) is 0 Å². The number of hydrogen-bond donors (Lipinski definition) is 1. The van der Waals surface area contributed by atoms with E-state index in [1.807, 2.05) is 52.0 Å². The van der Waals surface area contributed by atoms with Crippen molar-refractivity contribution in [3.8, 4) is 0 Å². The number of imidazole rings is 1. The van der Waals surface area contributed by atoms with Gasteiger partial charge in [0.2, 0.25) is 0 Å². The van der Waals surface area contributed by atoms with Crippen LogP contribution >= 0.6 is 0 Å². The zero-order chi connectivity index (χ0) is 19.3. The van der Waals surface area contributed by atoms with Gasteiger partial charge in [0.1, 0.15) is 5.65 Å². The van der Waals surface area contributed by atoms with Crippen molar-refractivity contribution >= 4 is 11.7 Å². The molecule has 0 aliphatic carbocycles. The summed E-state index contributed by atoms with van der Waals surface area (Å²) in [5.74, 6) is 0. The minimum atomic E-state index is -0.0303. The van der Waals surface area contributed by atoms with E-state index in [4.69, 9.17) is 0 Å². The number of aromatic nitrogens is 3. The highest BCUT2D eigenvalue weighted by molar-refractivity contribution is 5.74. The van der Waals surface area contributed by atoms with Crippen molar-refractivity contribution in [1.29, 1.82) is 0 Å². The molecule has 0 bridgehead atoms. The van der Waals surface area contributed by atoms with Crippen molar-refractivity contribution in [3.05, 3.63) is 66.4 Å². The van der Waals surface area contributed by atoms with Crippen molar-refractivity contribution in [2.75, 3.05) is 20.1 Å². The van der Waals surface area contributed by atoms with Gasteiger partial charge in [-0.25, -0.2) is 9.78 Å². The molecule has 0 saturated carbocycles. The number of urea groups is 1. The van der Waals surface area contributed by atoms with Crippen LogP contribution in [0.3, 0.4) is 0 Å². The molecule has 7 nitrogen and oxygen atoms in total. The number of carbonyl (C=O) groups is 1. The summed E-state index contributed by atoms with van der Waals surface area (Å²) in [6.45, 7) is 3.06. The average Bonchev–Trinajstić information content (AvgIpc) is 3.15. The fourth-order valence-electron chi connectivity index (χ4n) is 3.74. The zero-order valence-corrected chi connectivity index (χ0v) is 16.2. The van der Waals surface area contributed by atoms with Crippen molar-refractivity contribution in [2.45, 2.75) is 32.0 Å². The first kappa shape index (κ1) is 18.4. The van der Waals surface area contributed by atoms with Crippen molar-refractivity contribution in [3.63, 3.8) is 0 Å². The third-order valence-corrected chi connectivity index (χ3v) is 5.41. The Kier molecular flexibility index (Phi) is 5.53. The van der Waals surface area contributed by atoms with E-state index in [1.54, 1.807) is 12.4 Å². The molecule has 146 valence electrons. The second-order valence-electron chi connectivity index (χ2n) is 7.35. The van der Waals surface area contributed by atoms with Crippen LogP contribution in [0.25, 0.3) is 5.65 Å². The lowest BCUT2D eigenvalue weighted by Gasteiger charge is -2.37. The maximum absolute atomic E-state index is 13.1. The normalized spacial score (nSPS) is 15.6. The van der Waals surface area contributed by atoms with Gasteiger partial charge >= 0.3 is 6.03 Å². The summed E-state index contributed by atoms with van der Waals surface area (Å²) in [6.07, 6.45) is 9.32. The third kappa shape index (κ3) is 4.14. The molecular formula is C21H26N6O. The molecule has 0 radical (unpaired) electrons. The highest BCUT2D eigenvalue weighted by atomic mass is 16.2. The van der Waals surface area contributed by atoms with Gasteiger partial charge in [-0.05, 0) is 62.8 Å². The number of nitrogens with zero attached hydrogens (tertiary/aromatic N) is 5. The molecule has 0 spiro atoms. The predicted molar refractivity (Wildman–Crippen MR) is 108 cm³/mol. The van der Waals surface area contributed by atoms with Crippen molar-refractivity contribution in [2.24, 2.45) is 0 Å². The van der Waals surface area contributed by atoms with Gasteiger partial charge in [-0.2, -0.15) is 0 Å². The molecule has 1 N–H and O–H groups in total. The Morgan fingerprint density at radius 3 is 2.79 bits per heavy atom. The largest absolute Gasteiger partial charge is 0.332 e. The van der Waals surface area contributed by atoms with Gasteiger partial charge in [0.25, 0.3) is 0 Å². The minimum absolute atomic E-state index is 0.0303. The molecule has 1 fully saturated rings. The molecule has 28 heavy (non-hydrogen) atoms. The predicted octanol–water partition coefficient (Wildman–Crippen LogP) is 2.54. The first-order chi connectivity index (χ1) is 13.7. The molecule has 4 heterocycles. The lowest BCUT2D eigenvalue weighted by Crippen LogP contribution is -2.49. The molecular weight excluding hydrogens is 352 g/mol. The number of amides is 2. The third-order valence-electron chi connectivity index (χ3n) is 5.41. The van der Waals surface area contributed by atoms with E-state index >= 15 is 0 Å². The van der Waals surface area contributed by atoms with E-state index in [0.29, 0.717) is 13.1 Å². The van der Waals surface area contributed by atoms with E-state index < -0.39 is 0 Å². The monoisotopic (exact) mass is 378 g/mol. The number of piperidine rings is 1. The van der Waals surface area contributed by atoms with E-state index in [1.165, 1.54) is 0 Å². The summed E-state index contributed by atoms with van der Waals surface area (Å²) in [4.78, 5) is 25.9. The Balaban J connectivity index is 1.47. The van der Waals surface area contributed by atoms with Gasteiger partial charge in [-0.3, -0.25) is 4.98 Å². The van der Waals surface area contributed by atoms with Crippen LogP contribution in [-0.4, -0.2) is 56.4 Å². The summed E-state index contributed by atoms with van der Waals surface area (Å²) < 4.78 is 2.00. The van der Waals surface area contributed by atoms with Crippen molar-refractivity contribution in [1.82, 2.24) is 29.5 Å². The summed E-state index contributed by atoms with van der Waals surface area (Å²) in [5, 5.41) is 3.10. The summed E-state index contributed by atoms with van der Waals surface area (Å²) >= 11 is 0. The Hall–Kier alpha value is -2.93. The number of rotatable bonds is 5. The number of carbonyl (C=O) groups excluding carboxylic acids is 1. The molecule has 0 atom stereocenters. The Morgan fingerprint density at radius 2 is 2.00 bits per heavy atom. The zero-order valence-electron chi connectivity index (χ0n) is 16.2. The molecule has 1 aliphatic heterocycles. The smallest absolute Gasteiger partial charge is 0.318 e. The highest BCUT2D eigenvalue weighted by Crippen LogP contribution is 2.19. The van der Waals surface area contributed by atoms with Gasteiger partial charge in [0, 0.05) is 31.2 Å². The first-order valence-corrected chi connectivity index (χ1v) is 9.73. The first-order valence-electron chi connectivity index (χ1n) is 9.73. The Bertz CT molecular complexity index is 917. The number of likely N-dealkylation sites (tertiary alicyclic amines) is 1. The topological polar surface area (TPSA) is 65.8 Å². The van der Waals surface area contributed by atoms with E-state index in [-0.39, 0.29) is 12.1 Å². The maximum Gasteiger partial charge on any atom is 0.318 e. The van der Waals surface area contributed by atoms with Crippen LogP contribution in [-0.2, 0) is 13.1 Å². The summed E-state index contributed by atoms with van der Waals surface area (Å²) in [6, 6.07) is 10.0. The average molecular weight is 378 g/mol. The van der Waals surface area contributed by atoms with E-state index in [9.17, 15) is 4.79 Å². The molecule has 2 amide bonds. The van der Waals surface area contributed by atoms with E-state index in [2.05, 4.69) is 27.2 Å². The molecule has 0 aromatic carbocycles. The number of fused-ring (bicyclic) bond motifs is 1. The quantitative estimate of drug-likeness (QED) is 0.741. The van der Waals surface area contributed by atoms with Gasteiger partial charge < -0.3 is 19.5 Å². The van der Waals surface area contributed by atoms with Gasteiger partial charge in [-0.1, -0.05) is 6.07 Å². The number of hydrogen-bond acceptors (Lipinski definition) is 4. The lowest BCUT2D eigenvalue weighted by atomic mass is 10.0. The molecule has 1 aliphatic rings. The second-order valence-corrected chi connectivity index (χ2v) is 7.35. The molecule has 7 heteroatoms. The van der Waals surface area contributed by atoms with Gasteiger partial charge in [0.15, 0.2) is 0 Å². The van der Waals surface area contributed by atoms with Crippen LogP contribution in [0.1, 0.15) is 24.1 Å². The maximum atomic E-state index is 13.1. The second kappa shape index (κ2) is 8.39. The van der Waals surface area contributed by atoms with Gasteiger partial charge in [0.05, 0.1) is 18.4 Å². The Labute approximate surface area is 165 Å². The number of pyridine rings is 2. The fraction of sp³-hybridized carbons (Fsp3) is 0.381. The SMILES string of the molecule is CN1CCC(N(Cc2ccncc2)C(=O)NCc2cnc3ccccn23)CC1. The molecule has 1 saturated heterocycles. The molecule has 0 unspecified atom stereocenters. The van der Waals surface area contributed by atoms with Crippen molar-refractivity contribution < 1.29 is 4.79 Å². The number of nitrogens with one attached hydrogen (secondary N) is 1. The summed E-state index contributed by atoms with van der Waals surface area (Å²) in [7, 11) is 2.13. The molecule has 4 rings (SSSR count). The van der Waals surface area contributed by atoms with Crippen LogP contribution in [0.15, 0.2) is 55.1 Å². The lowest BCUT2D eigenvalue weighted by molar-refractivity contribution is 0.127. The van der Waals surface area contributed by atoms with E-state index in [0.717, 1.165) is 42.8 Å².